The lowest BCUT2D eigenvalue weighted by Gasteiger charge is -2.26. The lowest BCUT2D eigenvalue weighted by Crippen LogP contribution is -2.37. The molecule has 17 heavy (non-hydrogen) atoms. The number of nitrogen functional groups attached to an aromatic ring is 1. The standard InChI is InChI=1S/C12H21N5/c1-3-16(4-2)10-5-6-17(9-10)12-8-14-11(13)7-15-12/h7-8,10H,3-6,9H2,1-2H3,(H2,13,14). The third-order valence-corrected chi connectivity index (χ3v) is 3.47. The monoisotopic (exact) mass is 235 g/mol. The van der Waals surface area contributed by atoms with Crippen LogP contribution in [-0.4, -0.2) is 47.1 Å². The fourth-order valence-corrected chi connectivity index (χ4v) is 2.48. The average molecular weight is 235 g/mol. The van der Waals surface area contributed by atoms with Crippen LogP contribution in [0.25, 0.3) is 0 Å². The van der Waals surface area contributed by atoms with Crippen LogP contribution < -0.4 is 10.6 Å². The van der Waals surface area contributed by atoms with Crippen molar-refractivity contribution in [1.29, 1.82) is 0 Å². The zero-order valence-electron chi connectivity index (χ0n) is 10.6. The second-order valence-electron chi connectivity index (χ2n) is 4.41. The molecule has 1 atom stereocenters. The first-order valence-corrected chi connectivity index (χ1v) is 6.31. The van der Waals surface area contributed by atoms with Gasteiger partial charge in [-0.1, -0.05) is 13.8 Å². The third kappa shape index (κ3) is 2.66. The van der Waals surface area contributed by atoms with Crippen LogP contribution in [0.15, 0.2) is 12.4 Å². The molecule has 1 aliphatic rings. The molecule has 1 saturated heterocycles. The molecule has 0 aromatic carbocycles. The van der Waals surface area contributed by atoms with Crippen molar-refractivity contribution >= 4 is 11.6 Å². The molecule has 1 unspecified atom stereocenters. The van der Waals surface area contributed by atoms with Gasteiger partial charge in [0, 0.05) is 19.1 Å². The van der Waals surface area contributed by atoms with Crippen molar-refractivity contribution in [3.05, 3.63) is 12.4 Å². The Morgan fingerprint density at radius 2 is 2.12 bits per heavy atom. The highest BCUT2D eigenvalue weighted by Gasteiger charge is 2.26. The highest BCUT2D eigenvalue weighted by molar-refractivity contribution is 5.40. The molecule has 2 heterocycles. The molecule has 5 heteroatoms. The van der Waals surface area contributed by atoms with Gasteiger partial charge in [-0.25, -0.2) is 9.97 Å². The van der Waals surface area contributed by atoms with Crippen LogP contribution in [0.5, 0.6) is 0 Å². The van der Waals surface area contributed by atoms with E-state index >= 15 is 0 Å². The predicted molar refractivity (Wildman–Crippen MR) is 70.0 cm³/mol. The van der Waals surface area contributed by atoms with Crippen molar-refractivity contribution in [2.75, 3.05) is 36.8 Å². The minimum atomic E-state index is 0.480. The van der Waals surface area contributed by atoms with Crippen LogP contribution in [0.4, 0.5) is 11.6 Å². The van der Waals surface area contributed by atoms with Crippen molar-refractivity contribution in [3.63, 3.8) is 0 Å². The minimum absolute atomic E-state index is 0.480. The Bertz CT molecular complexity index is 346. The number of hydrogen-bond acceptors (Lipinski definition) is 5. The first-order chi connectivity index (χ1) is 8.24. The molecule has 1 aromatic rings. The summed E-state index contributed by atoms with van der Waals surface area (Å²) in [4.78, 5) is 13.2. The molecule has 0 radical (unpaired) electrons. The summed E-state index contributed by atoms with van der Waals surface area (Å²) in [6.45, 7) is 8.76. The summed E-state index contributed by atoms with van der Waals surface area (Å²) in [5.74, 6) is 1.42. The number of aromatic nitrogens is 2. The van der Waals surface area contributed by atoms with Gasteiger partial charge in [0.25, 0.3) is 0 Å². The highest BCUT2D eigenvalue weighted by atomic mass is 15.3. The number of nitrogens with two attached hydrogens (primary N) is 1. The lowest BCUT2D eigenvalue weighted by atomic mass is 10.2. The number of nitrogens with zero attached hydrogens (tertiary/aromatic N) is 4. The molecule has 2 rings (SSSR count). The fourth-order valence-electron chi connectivity index (χ4n) is 2.48. The summed E-state index contributed by atoms with van der Waals surface area (Å²) in [7, 11) is 0. The summed E-state index contributed by atoms with van der Waals surface area (Å²) in [6, 6.07) is 0.643. The van der Waals surface area contributed by atoms with Gasteiger partial charge in [0.15, 0.2) is 0 Å². The SMILES string of the molecule is CCN(CC)C1CCN(c2cnc(N)cn2)C1. The summed E-state index contributed by atoms with van der Waals surface area (Å²) in [5, 5.41) is 0. The Labute approximate surface area is 103 Å². The zero-order chi connectivity index (χ0) is 12.3. The molecule has 0 saturated carbocycles. The molecule has 0 spiro atoms. The Hall–Kier alpha value is -1.36. The smallest absolute Gasteiger partial charge is 0.147 e. The fraction of sp³-hybridized carbons (Fsp3) is 0.667. The van der Waals surface area contributed by atoms with E-state index in [-0.39, 0.29) is 0 Å². The van der Waals surface area contributed by atoms with E-state index in [4.69, 9.17) is 5.73 Å². The Morgan fingerprint density at radius 3 is 2.71 bits per heavy atom. The van der Waals surface area contributed by atoms with E-state index in [0.29, 0.717) is 11.9 Å². The van der Waals surface area contributed by atoms with Crippen molar-refractivity contribution in [2.45, 2.75) is 26.3 Å². The number of rotatable bonds is 4. The maximum absolute atomic E-state index is 5.54. The van der Waals surface area contributed by atoms with Crippen LogP contribution in [-0.2, 0) is 0 Å². The summed E-state index contributed by atoms with van der Waals surface area (Å²) >= 11 is 0. The zero-order valence-corrected chi connectivity index (χ0v) is 10.6. The first kappa shape index (κ1) is 12.1. The van der Waals surface area contributed by atoms with Gasteiger partial charge < -0.3 is 10.6 Å². The third-order valence-electron chi connectivity index (χ3n) is 3.47. The molecule has 5 nitrogen and oxygen atoms in total. The molecule has 1 aromatic heterocycles. The normalized spacial score (nSPS) is 20.2. The van der Waals surface area contributed by atoms with E-state index in [1.807, 2.05) is 0 Å². The second-order valence-corrected chi connectivity index (χ2v) is 4.41. The van der Waals surface area contributed by atoms with Gasteiger partial charge in [0.1, 0.15) is 11.6 Å². The molecular formula is C12H21N5. The summed E-state index contributed by atoms with van der Waals surface area (Å²) in [5.41, 5.74) is 5.54. The minimum Gasteiger partial charge on any atom is -0.382 e. The number of hydrogen-bond donors (Lipinski definition) is 1. The topological polar surface area (TPSA) is 58.3 Å². The second kappa shape index (κ2) is 5.31. The Balaban J connectivity index is 2.00. The van der Waals surface area contributed by atoms with E-state index < -0.39 is 0 Å². The summed E-state index contributed by atoms with van der Waals surface area (Å²) < 4.78 is 0. The quantitative estimate of drug-likeness (QED) is 0.843. The highest BCUT2D eigenvalue weighted by Crippen LogP contribution is 2.20. The number of anilines is 2. The average Bonchev–Trinajstić information content (AvgIpc) is 2.81. The molecule has 1 aliphatic heterocycles. The predicted octanol–water partition coefficient (Wildman–Crippen LogP) is 0.979. The molecular weight excluding hydrogens is 214 g/mol. The van der Waals surface area contributed by atoms with Crippen LogP contribution in [0.1, 0.15) is 20.3 Å². The van der Waals surface area contributed by atoms with Gasteiger partial charge in [-0.05, 0) is 19.5 Å². The van der Waals surface area contributed by atoms with Gasteiger partial charge in [-0.3, -0.25) is 4.90 Å². The maximum atomic E-state index is 5.54. The van der Waals surface area contributed by atoms with Crippen LogP contribution >= 0.6 is 0 Å². The van der Waals surface area contributed by atoms with Crippen LogP contribution in [0, 0.1) is 0 Å². The van der Waals surface area contributed by atoms with E-state index in [1.165, 1.54) is 6.42 Å². The first-order valence-electron chi connectivity index (χ1n) is 6.31. The van der Waals surface area contributed by atoms with Crippen LogP contribution in [0.2, 0.25) is 0 Å². The largest absolute Gasteiger partial charge is 0.382 e. The van der Waals surface area contributed by atoms with Crippen molar-refractivity contribution in [1.82, 2.24) is 14.9 Å². The lowest BCUT2D eigenvalue weighted by molar-refractivity contribution is 0.232. The molecule has 1 fully saturated rings. The van der Waals surface area contributed by atoms with E-state index in [1.54, 1.807) is 12.4 Å². The molecule has 0 bridgehead atoms. The van der Waals surface area contributed by atoms with Gasteiger partial charge in [-0.2, -0.15) is 0 Å². The van der Waals surface area contributed by atoms with Gasteiger partial charge in [0.05, 0.1) is 12.4 Å². The van der Waals surface area contributed by atoms with Crippen LogP contribution in [0.3, 0.4) is 0 Å². The van der Waals surface area contributed by atoms with E-state index in [9.17, 15) is 0 Å². The van der Waals surface area contributed by atoms with E-state index in [2.05, 4.69) is 33.6 Å². The molecule has 2 N–H and O–H groups in total. The Morgan fingerprint density at radius 1 is 1.35 bits per heavy atom. The van der Waals surface area contributed by atoms with Crippen molar-refractivity contribution < 1.29 is 0 Å². The van der Waals surface area contributed by atoms with Gasteiger partial charge in [-0.15, -0.1) is 0 Å². The number of likely N-dealkylation sites (N-methyl/N-ethyl adjacent to an activating group) is 1. The summed E-state index contributed by atoms with van der Waals surface area (Å²) in [6.07, 6.45) is 4.59. The molecule has 94 valence electrons. The molecule has 0 aliphatic carbocycles. The maximum Gasteiger partial charge on any atom is 0.147 e. The van der Waals surface area contributed by atoms with Crippen molar-refractivity contribution in [2.24, 2.45) is 0 Å². The van der Waals surface area contributed by atoms with E-state index in [0.717, 1.165) is 32.0 Å². The van der Waals surface area contributed by atoms with Gasteiger partial charge >= 0.3 is 0 Å². The van der Waals surface area contributed by atoms with Gasteiger partial charge in [0.2, 0.25) is 0 Å². The van der Waals surface area contributed by atoms with Crippen molar-refractivity contribution in [3.8, 4) is 0 Å². The Kier molecular flexibility index (Phi) is 3.78. The molecule has 0 amide bonds.